The summed E-state index contributed by atoms with van der Waals surface area (Å²) in [6.45, 7) is 5.48. The van der Waals surface area contributed by atoms with E-state index in [1.807, 2.05) is 13.8 Å². The van der Waals surface area contributed by atoms with Gasteiger partial charge in [0.2, 0.25) is 0 Å². The minimum Gasteiger partial charge on any atom is -0.506 e. The van der Waals surface area contributed by atoms with Crippen LogP contribution in [-0.4, -0.2) is 21.7 Å². The van der Waals surface area contributed by atoms with Gasteiger partial charge in [0.05, 0.1) is 10.2 Å². The second kappa shape index (κ2) is 7.32. The third-order valence-corrected chi connectivity index (χ3v) is 6.05. The Morgan fingerprint density at radius 2 is 1.80 bits per heavy atom. The number of rotatable bonds is 3. The highest BCUT2D eigenvalue weighted by Crippen LogP contribution is 2.39. The molecule has 0 aliphatic heterocycles. The highest BCUT2D eigenvalue weighted by Gasteiger charge is 2.38. The minimum absolute atomic E-state index is 0.0698. The van der Waals surface area contributed by atoms with Crippen molar-refractivity contribution in [2.24, 2.45) is 5.41 Å². The molecule has 0 amide bonds. The van der Waals surface area contributed by atoms with Crippen molar-refractivity contribution in [3.63, 3.8) is 0 Å². The SMILES string of the molecule is Cc1c(C(O)=C2C(=O)CC(C)(C)CC2=O)ccc2sc(Oc3ccccc3F)nc12. The van der Waals surface area contributed by atoms with Crippen molar-refractivity contribution < 1.29 is 23.8 Å². The maximum Gasteiger partial charge on any atom is 0.279 e. The van der Waals surface area contributed by atoms with Gasteiger partial charge in [-0.2, -0.15) is 0 Å². The Labute approximate surface area is 176 Å². The molecule has 30 heavy (non-hydrogen) atoms. The first-order valence-electron chi connectivity index (χ1n) is 9.49. The average Bonchev–Trinajstić information content (AvgIpc) is 3.06. The van der Waals surface area contributed by atoms with Crippen LogP contribution in [0.2, 0.25) is 0 Å². The molecule has 0 spiro atoms. The zero-order valence-electron chi connectivity index (χ0n) is 16.8. The number of para-hydroxylation sites is 1. The molecule has 3 aromatic rings. The molecule has 1 fully saturated rings. The van der Waals surface area contributed by atoms with E-state index in [-0.39, 0.29) is 46.7 Å². The van der Waals surface area contributed by atoms with Crippen molar-refractivity contribution in [2.45, 2.75) is 33.6 Å². The van der Waals surface area contributed by atoms with E-state index in [4.69, 9.17) is 4.74 Å². The Morgan fingerprint density at radius 1 is 1.13 bits per heavy atom. The van der Waals surface area contributed by atoms with Gasteiger partial charge in [0, 0.05) is 18.4 Å². The molecule has 1 aliphatic carbocycles. The van der Waals surface area contributed by atoms with E-state index in [1.54, 1.807) is 31.2 Å². The van der Waals surface area contributed by atoms with E-state index in [1.165, 1.54) is 23.5 Å². The number of allylic oxidation sites excluding steroid dienone is 1. The molecule has 2 aromatic carbocycles. The van der Waals surface area contributed by atoms with Crippen LogP contribution < -0.4 is 4.74 Å². The summed E-state index contributed by atoms with van der Waals surface area (Å²) in [4.78, 5) is 29.5. The fourth-order valence-corrected chi connectivity index (χ4v) is 4.58. The normalized spacial score (nSPS) is 16.2. The van der Waals surface area contributed by atoms with Gasteiger partial charge in [-0.05, 0) is 42.2 Å². The number of hydrogen-bond donors (Lipinski definition) is 1. The highest BCUT2D eigenvalue weighted by atomic mass is 32.1. The molecule has 5 nitrogen and oxygen atoms in total. The van der Waals surface area contributed by atoms with E-state index in [2.05, 4.69) is 4.98 Å². The lowest BCUT2D eigenvalue weighted by molar-refractivity contribution is -0.127. The number of carbonyl (C=O) groups excluding carboxylic acids is 2. The Morgan fingerprint density at radius 3 is 2.47 bits per heavy atom. The van der Waals surface area contributed by atoms with E-state index in [0.717, 1.165) is 4.70 Å². The van der Waals surface area contributed by atoms with Gasteiger partial charge in [0.15, 0.2) is 23.1 Å². The fourth-order valence-electron chi connectivity index (χ4n) is 3.69. The summed E-state index contributed by atoms with van der Waals surface area (Å²) >= 11 is 1.24. The molecule has 154 valence electrons. The quantitative estimate of drug-likeness (QED) is 0.328. The van der Waals surface area contributed by atoms with Crippen LogP contribution in [0.4, 0.5) is 4.39 Å². The number of aliphatic hydroxyl groups is 1. The number of nitrogens with zero attached hydrogens (tertiary/aromatic N) is 1. The summed E-state index contributed by atoms with van der Waals surface area (Å²) in [6.07, 6.45) is 0.410. The van der Waals surface area contributed by atoms with E-state index < -0.39 is 11.2 Å². The molecule has 0 unspecified atom stereocenters. The molecular weight excluding hydrogens is 405 g/mol. The second-order valence-electron chi connectivity index (χ2n) is 8.18. The van der Waals surface area contributed by atoms with Gasteiger partial charge >= 0.3 is 0 Å². The van der Waals surface area contributed by atoms with Crippen LogP contribution in [0, 0.1) is 18.2 Å². The number of Topliss-reactive ketones (excluding diaryl/α,β-unsaturated/α-hetero) is 2. The topological polar surface area (TPSA) is 76.5 Å². The molecular formula is C23H20FNO4S. The van der Waals surface area contributed by atoms with Gasteiger partial charge in [0.1, 0.15) is 11.3 Å². The smallest absolute Gasteiger partial charge is 0.279 e. The van der Waals surface area contributed by atoms with Crippen molar-refractivity contribution in [3.8, 4) is 10.9 Å². The van der Waals surface area contributed by atoms with Gasteiger partial charge in [-0.1, -0.05) is 37.3 Å². The van der Waals surface area contributed by atoms with E-state index in [9.17, 15) is 19.1 Å². The summed E-state index contributed by atoms with van der Waals surface area (Å²) in [5.41, 5.74) is 0.997. The minimum atomic E-state index is -0.492. The van der Waals surface area contributed by atoms with Crippen molar-refractivity contribution in [1.82, 2.24) is 4.98 Å². The molecule has 0 radical (unpaired) electrons. The molecule has 1 aromatic heterocycles. The summed E-state index contributed by atoms with van der Waals surface area (Å²) in [6, 6.07) is 9.45. The Kier molecular flexibility index (Phi) is 4.94. The highest BCUT2D eigenvalue weighted by molar-refractivity contribution is 7.20. The van der Waals surface area contributed by atoms with Crippen LogP contribution in [0.5, 0.6) is 10.9 Å². The zero-order chi connectivity index (χ0) is 21.6. The van der Waals surface area contributed by atoms with Crippen LogP contribution in [0.15, 0.2) is 42.0 Å². The fraction of sp³-hybridized carbons (Fsp3) is 0.261. The van der Waals surface area contributed by atoms with Gasteiger partial charge in [-0.15, -0.1) is 0 Å². The molecule has 1 saturated carbocycles. The molecule has 1 heterocycles. The van der Waals surface area contributed by atoms with Crippen LogP contribution in [-0.2, 0) is 9.59 Å². The number of carbonyl (C=O) groups is 2. The van der Waals surface area contributed by atoms with Crippen molar-refractivity contribution in [2.75, 3.05) is 0 Å². The summed E-state index contributed by atoms with van der Waals surface area (Å²) in [5.74, 6) is -1.44. The maximum absolute atomic E-state index is 13.9. The Balaban J connectivity index is 1.74. The summed E-state index contributed by atoms with van der Waals surface area (Å²) < 4.78 is 20.2. The third kappa shape index (κ3) is 3.61. The number of halogens is 1. The Bertz CT molecular complexity index is 1200. The number of aromatic nitrogens is 1. The van der Waals surface area contributed by atoms with Gasteiger partial charge < -0.3 is 9.84 Å². The average molecular weight is 425 g/mol. The van der Waals surface area contributed by atoms with Crippen molar-refractivity contribution >= 4 is 38.9 Å². The number of thiazole rings is 1. The largest absolute Gasteiger partial charge is 0.506 e. The van der Waals surface area contributed by atoms with Gasteiger partial charge in [-0.25, -0.2) is 9.37 Å². The van der Waals surface area contributed by atoms with Crippen LogP contribution in [0.1, 0.15) is 37.8 Å². The molecule has 0 saturated heterocycles. The molecule has 4 rings (SSSR count). The third-order valence-electron chi connectivity index (χ3n) is 5.16. The van der Waals surface area contributed by atoms with Crippen LogP contribution in [0.3, 0.4) is 0 Å². The Hall–Kier alpha value is -3.06. The maximum atomic E-state index is 13.9. The number of fused-ring (bicyclic) bond motifs is 1. The van der Waals surface area contributed by atoms with Crippen LogP contribution in [0.25, 0.3) is 16.0 Å². The first-order chi connectivity index (χ1) is 14.2. The standard InChI is InChI=1S/C23H20FNO4S/c1-12-13(21(28)19-15(26)10-23(2,3)11-16(19)27)8-9-18-20(12)25-22(30-18)29-17-7-5-4-6-14(17)24/h4-9,28H,10-11H2,1-3H3. The first kappa shape index (κ1) is 20.2. The summed E-state index contributed by atoms with van der Waals surface area (Å²) in [7, 11) is 0. The first-order valence-corrected chi connectivity index (χ1v) is 10.3. The number of aliphatic hydroxyl groups excluding tert-OH is 1. The predicted molar refractivity (Wildman–Crippen MR) is 113 cm³/mol. The number of ketones is 2. The van der Waals surface area contributed by atoms with E-state index >= 15 is 0 Å². The lowest BCUT2D eigenvalue weighted by Crippen LogP contribution is -2.32. The number of hydrogen-bond acceptors (Lipinski definition) is 6. The lowest BCUT2D eigenvalue weighted by atomic mass is 9.73. The second-order valence-corrected chi connectivity index (χ2v) is 9.18. The molecule has 0 bridgehead atoms. The van der Waals surface area contributed by atoms with Gasteiger partial charge in [0.25, 0.3) is 5.19 Å². The molecule has 0 atom stereocenters. The van der Waals surface area contributed by atoms with Crippen molar-refractivity contribution in [3.05, 3.63) is 58.9 Å². The molecule has 1 aliphatic rings. The van der Waals surface area contributed by atoms with Crippen LogP contribution >= 0.6 is 11.3 Å². The number of aryl methyl sites for hydroxylation is 1. The number of benzene rings is 2. The van der Waals surface area contributed by atoms with Gasteiger partial charge in [-0.3, -0.25) is 9.59 Å². The summed E-state index contributed by atoms with van der Waals surface area (Å²) in [5, 5.41) is 11.1. The monoisotopic (exact) mass is 425 g/mol. The molecule has 7 heteroatoms. The molecule has 1 N–H and O–H groups in total. The lowest BCUT2D eigenvalue weighted by Gasteiger charge is -2.29. The van der Waals surface area contributed by atoms with Crippen molar-refractivity contribution in [1.29, 1.82) is 0 Å². The van der Waals surface area contributed by atoms with E-state index in [0.29, 0.717) is 16.6 Å². The number of ether oxygens (including phenoxy) is 1. The zero-order valence-corrected chi connectivity index (χ0v) is 17.6. The predicted octanol–water partition coefficient (Wildman–Crippen LogP) is 5.76.